The van der Waals surface area contributed by atoms with Gasteiger partial charge in [-0.15, -0.1) is 0 Å². The van der Waals surface area contributed by atoms with Gasteiger partial charge in [0.25, 0.3) is 5.91 Å². The molecular weight excluding hydrogens is 363 g/mol. The van der Waals surface area contributed by atoms with Gasteiger partial charge in [0.15, 0.2) is 0 Å². The zero-order valence-corrected chi connectivity index (χ0v) is 16.5. The standard InChI is InChI=1S/C22H26ClFN2O/c1-26(2)21(15-9-3-6-12-18(15)23)17-11-5-8-14-20(17)25-22(27)16-10-4-7-13-19(16)24/h3-4,6-7,9-10,12-13,17,20-21H,5,8,11,14H2,1-2H3,(H,25,27)/t17-,20+,21?/m0/s1. The highest BCUT2D eigenvalue weighted by Crippen LogP contribution is 2.40. The predicted molar refractivity (Wildman–Crippen MR) is 107 cm³/mol. The molecule has 3 atom stereocenters. The first-order valence-corrected chi connectivity index (χ1v) is 9.83. The summed E-state index contributed by atoms with van der Waals surface area (Å²) in [5.74, 6) is -0.622. The number of nitrogens with one attached hydrogen (secondary N) is 1. The molecule has 3 nitrogen and oxygen atoms in total. The van der Waals surface area contributed by atoms with Crippen LogP contribution in [0.3, 0.4) is 0 Å². The van der Waals surface area contributed by atoms with Crippen LogP contribution in [0, 0.1) is 11.7 Å². The van der Waals surface area contributed by atoms with Gasteiger partial charge in [0.2, 0.25) is 0 Å². The Balaban J connectivity index is 1.86. The third kappa shape index (κ3) is 4.50. The Morgan fingerprint density at radius 3 is 2.48 bits per heavy atom. The van der Waals surface area contributed by atoms with Crippen molar-refractivity contribution in [1.29, 1.82) is 0 Å². The average Bonchev–Trinajstić information content (AvgIpc) is 2.65. The lowest BCUT2D eigenvalue weighted by Gasteiger charge is -2.41. The summed E-state index contributed by atoms with van der Waals surface area (Å²) < 4.78 is 14.0. The monoisotopic (exact) mass is 388 g/mol. The highest BCUT2D eigenvalue weighted by Gasteiger charge is 2.36. The normalized spacial score (nSPS) is 21.1. The Morgan fingerprint density at radius 2 is 1.78 bits per heavy atom. The summed E-state index contributed by atoms with van der Waals surface area (Å²) in [6.45, 7) is 0. The summed E-state index contributed by atoms with van der Waals surface area (Å²) in [5.41, 5.74) is 1.17. The lowest BCUT2D eigenvalue weighted by molar-refractivity contribution is 0.0842. The van der Waals surface area contributed by atoms with Crippen molar-refractivity contribution in [2.24, 2.45) is 5.92 Å². The van der Waals surface area contributed by atoms with Crippen molar-refractivity contribution >= 4 is 17.5 Å². The first-order valence-electron chi connectivity index (χ1n) is 9.45. The van der Waals surface area contributed by atoms with E-state index in [2.05, 4.69) is 16.3 Å². The molecule has 1 fully saturated rings. The van der Waals surface area contributed by atoms with Gasteiger partial charge in [-0.3, -0.25) is 4.79 Å². The molecule has 3 rings (SSSR count). The van der Waals surface area contributed by atoms with Gasteiger partial charge in [0, 0.05) is 17.1 Å². The van der Waals surface area contributed by atoms with Crippen LogP contribution < -0.4 is 5.32 Å². The van der Waals surface area contributed by atoms with Crippen molar-refractivity contribution in [3.8, 4) is 0 Å². The second-order valence-corrected chi connectivity index (χ2v) is 7.85. The number of carbonyl (C=O) groups excluding carboxylic acids is 1. The quantitative estimate of drug-likeness (QED) is 0.775. The highest BCUT2D eigenvalue weighted by molar-refractivity contribution is 6.31. The first kappa shape index (κ1) is 19.8. The van der Waals surface area contributed by atoms with E-state index in [0.29, 0.717) is 0 Å². The molecule has 0 bridgehead atoms. The molecule has 1 unspecified atom stereocenters. The SMILES string of the molecule is CN(C)C(c1ccccc1Cl)[C@H]1CCCC[C@H]1NC(=O)c1ccccc1F. The molecule has 1 amide bonds. The van der Waals surface area contributed by atoms with Crippen LogP contribution in [-0.4, -0.2) is 30.9 Å². The lowest BCUT2D eigenvalue weighted by Crippen LogP contribution is -2.47. The van der Waals surface area contributed by atoms with Crippen molar-refractivity contribution in [2.45, 2.75) is 37.8 Å². The van der Waals surface area contributed by atoms with Gasteiger partial charge in [-0.25, -0.2) is 4.39 Å². The smallest absolute Gasteiger partial charge is 0.254 e. The van der Waals surface area contributed by atoms with Crippen LogP contribution in [0.4, 0.5) is 4.39 Å². The maximum Gasteiger partial charge on any atom is 0.254 e. The van der Waals surface area contributed by atoms with Crippen LogP contribution in [0.15, 0.2) is 48.5 Å². The van der Waals surface area contributed by atoms with Crippen LogP contribution in [0.5, 0.6) is 0 Å². The van der Waals surface area contributed by atoms with Crippen LogP contribution in [-0.2, 0) is 0 Å². The Kier molecular flexibility index (Phi) is 6.51. The fraction of sp³-hybridized carbons (Fsp3) is 0.409. The van der Waals surface area contributed by atoms with E-state index in [-0.39, 0.29) is 29.5 Å². The lowest BCUT2D eigenvalue weighted by atomic mass is 9.77. The van der Waals surface area contributed by atoms with Gasteiger partial charge in [0.05, 0.1) is 5.56 Å². The van der Waals surface area contributed by atoms with Crippen LogP contribution in [0.1, 0.15) is 47.6 Å². The zero-order chi connectivity index (χ0) is 19.4. The molecule has 1 aliphatic carbocycles. The Bertz CT molecular complexity index is 795. The van der Waals surface area contributed by atoms with Gasteiger partial charge in [-0.05, 0) is 56.6 Å². The molecule has 1 saturated carbocycles. The Labute approximate surface area is 165 Å². The molecule has 5 heteroatoms. The van der Waals surface area contributed by atoms with Gasteiger partial charge >= 0.3 is 0 Å². The van der Waals surface area contributed by atoms with Gasteiger partial charge in [-0.1, -0.05) is 54.8 Å². The third-order valence-corrected chi connectivity index (χ3v) is 5.78. The summed E-state index contributed by atoms with van der Waals surface area (Å²) in [5, 5.41) is 3.84. The van der Waals surface area contributed by atoms with Crippen LogP contribution >= 0.6 is 11.6 Å². The molecule has 2 aromatic carbocycles. The fourth-order valence-electron chi connectivity index (χ4n) is 4.21. The van der Waals surface area contributed by atoms with Crippen molar-refractivity contribution in [3.63, 3.8) is 0 Å². The second kappa shape index (κ2) is 8.85. The van der Waals surface area contributed by atoms with E-state index in [0.717, 1.165) is 36.3 Å². The minimum Gasteiger partial charge on any atom is -0.349 e. The number of hydrogen-bond acceptors (Lipinski definition) is 2. The number of rotatable bonds is 5. The van der Waals surface area contributed by atoms with E-state index in [4.69, 9.17) is 11.6 Å². The minimum absolute atomic E-state index is 0.0190. The molecule has 0 heterocycles. The van der Waals surface area contributed by atoms with Gasteiger partial charge < -0.3 is 10.2 Å². The van der Waals surface area contributed by atoms with Gasteiger partial charge in [0.1, 0.15) is 5.82 Å². The molecule has 0 radical (unpaired) electrons. The van der Waals surface area contributed by atoms with Gasteiger partial charge in [-0.2, -0.15) is 0 Å². The maximum absolute atomic E-state index is 14.0. The number of nitrogens with zero attached hydrogens (tertiary/aromatic N) is 1. The predicted octanol–water partition coefficient (Wildman–Crippen LogP) is 5.07. The summed E-state index contributed by atoms with van der Waals surface area (Å²) in [7, 11) is 4.08. The zero-order valence-electron chi connectivity index (χ0n) is 15.8. The van der Waals surface area contributed by atoms with E-state index in [1.165, 1.54) is 12.1 Å². The number of carbonyl (C=O) groups is 1. The van der Waals surface area contributed by atoms with E-state index < -0.39 is 5.82 Å². The van der Waals surface area contributed by atoms with E-state index in [1.54, 1.807) is 12.1 Å². The number of halogens is 2. The van der Waals surface area contributed by atoms with Crippen LogP contribution in [0.2, 0.25) is 5.02 Å². The number of amides is 1. The van der Waals surface area contributed by atoms with E-state index in [1.807, 2.05) is 32.3 Å². The van der Waals surface area contributed by atoms with Crippen molar-refractivity contribution in [2.75, 3.05) is 14.1 Å². The van der Waals surface area contributed by atoms with Crippen molar-refractivity contribution < 1.29 is 9.18 Å². The molecule has 0 spiro atoms. The third-order valence-electron chi connectivity index (χ3n) is 5.44. The molecule has 0 saturated heterocycles. The van der Waals surface area contributed by atoms with Crippen molar-refractivity contribution in [1.82, 2.24) is 10.2 Å². The Morgan fingerprint density at radius 1 is 1.11 bits per heavy atom. The summed E-state index contributed by atoms with van der Waals surface area (Å²) in [6, 6.07) is 14.1. The molecule has 1 aliphatic rings. The second-order valence-electron chi connectivity index (χ2n) is 7.44. The summed E-state index contributed by atoms with van der Waals surface area (Å²) in [4.78, 5) is 14.9. The first-order chi connectivity index (χ1) is 13.0. The number of benzene rings is 2. The highest BCUT2D eigenvalue weighted by atomic mass is 35.5. The fourth-order valence-corrected chi connectivity index (χ4v) is 4.46. The summed E-state index contributed by atoms with van der Waals surface area (Å²) >= 11 is 6.49. The minimum atomic E-state index is -0.488. The topological polar surface area (TPSA) is 32.3 Å². The molecular formula is C22H26ClFN2O. The maximum atomic E-state index is 14.0. The van der Waals surface area contributed by atoms with Crippen molar-refractivity contribution in [3.05, 3.63) is 70.5 Å². The summed E-state index contributed by atoms with van der Waals surface area (Å²) in [6.07, 6.45) is 4.06. The van der Waals surface area contributed by atoms with E-state index >= 15 is 0 Å². The molecule has 0 aromatic heterocycles. The van der Waals surface area contributed by atoms with E-state index in [9.17, 15) is 9.18 Å². The number of hydrogen-bond donors (Lipinski definition) is 1. The van der Waals surface area contributed by atoms with Crippen LogP contribution in [0.25, 0.3) is 0 Å². The molecule has 2 aromatic rings. The molecule has 0 aliphatic heterocycles. The molecule has 1 N–H and O–H groups in total. The molecule has 144 valence electrons. The average molecular weight is 389 g/mol. The Hall–Kier alpha value is -1.91. The largest absolute Gasteiger partial charge is 0.349 e. The molecule has 27 heavy (non-hydrogen) atoms.